The molecule has 0 aliphatic carbocycles. The van der Waals surface area contributed by atoms with Crippen molar-refractivity contribution >= 4 is 18.4 Å². The van der Waals surface area contributed by atoms with Gasteiger partial charge >= 0.3 is 0 Å². The van der Waals surface area contributed by atoms with Gasteiger partial charge in [-0.3, -0.25) is 4.99 Å². The average molecular weight is 267 g/mol. The number of anilines is 1. The Balaban J connectivity index is 1.97. The van der Waals surface area contributed by atoms with Gasteiger partial charge in [0, 0.05) is 12.8 Å². The summed E-state index contributed by atoms with van der Waals surface area (Å²) in [5, 5.41) is 7.47. The van der Waals surface area contributed by atoms with Gasteiger partial charge in [-0.25, -0.2) is 4.98 Å². The van der Waals surface area contributed by atoms with E-state index in [9.17, 15) is 0 Å². The third-order valence-corrected chi connectivity index (χ3v) is 3.45. The maximum Gasteiger partial charge on any atom is 0.140 e. The Bertz CT molecular complexity index is 629. The molecule has 0 radical (unpaired) electrons. The van der Waals surface area contributed by atoms with Crippen LogP contribution in [0.2, 0.25) is 0 Å². The van der Waals surface area contributed by atoms with Crippen LogP contribution in [0.3, 0.4) is 0 Å². The smallest absolute Gasteiger partial charge is 0.140 e. The number of nitrogens with one attached hydrogen (secondary N) is 1. The largest absolute Gasteiger partial charge is 0.317 e. The SMILES string of the molecule is CCn1cnc2c1N(Cc1ccccc1)C=NC2C=N. The molecular formula is C15H17N5. The van der Waals surface area contributed by atoms with Crippen LogP contribution in [0, 0.1) is 5.41 Å². The van der Waals surface area contributed by atoms with Crippen LogP contribution >= 0.6 is 0 Å². The van der Waals surface area contributed by atoms with Gasteiger partial charge in [0.1, 0.15) is 17.6 Å². The van der Waals surface area contributed by atoms with Crippen molar-refractivity contribution in [3.63, 3.8) is 0 Å². The first kappa shape index (κ1) is 12.6. The minimum absolute atomic E-state index is 0.259. The number of hydrogen-bond donors (Lipinski definition) is 1. The minimum Gasteiger partial charge on any atom is -0.317 e. The van der Waals surface area contributed by atoms with Crippen molar-refractivity contribution < 1.29 is 0 Å². The fourth-order valence-electron chi connectivity index (χ4n) is 2.44. The predicted octanol–water partition coefficient (Wildman–Crippen LogP) is 2.64. The van der Waals surface area contributed by atoms with Gasteiger partial charge in [0.05, 0.1) is 19.2 Å². The number of hydrogen-bond acceptors (Lipinski definition) is 4. The first-order chi connectivity index (χ1) is 9.83. The van der Waals surface area contributed by atoms with E-state index in [-0.39, 0.29) is 6.04 Å². The molecule has 1 aliphatic heterocycles. The highest BCUT2D eigenvalue weighted by molar-refractivity contribution is 5.85. The molecule has 0 fully saturated rings. The molecule has 1 aliphatic rings. The van der Waals surface area contributed by atoms with Crippen molar-refractivity contribution in [2.45, 2.75) is 26.1 Å². The zero-order valence-electron chi connectivity index (χ0n) is 11.4. The predicted molar refractivity (Wildman–Crippen MR) is 80.5 cm³/mol. The molecule has 1 atom stereocenters. The van der Waals surface area contributed by atoms with Crippen LogP contribution < -0.4 is 4.90 Å². The lowest BCUT2D eigenvalue weighted by Crippen LogP contribution is -2.28. The zero-order valence-corrected chi connectivity index (χ0v) is 11.4. The Kier molecular flexibility index (Phi) is 3.33. The molecule has 102 valence electrons. The molecule has 5 nitrogen and oxygen atoms in total. The van der Waals surface area contributed by atoms with E-state index in [0.717, 1.165) is 24.6 Å². The molecule has 1 aromatic carbocycles. The van der Waals surface area contributed by atoms with Gasteiger partial charge in [-0.15, -0.1) is 0 Å². The summed E-state index contributed by atoms with van der Waals surface area (Å²) in [5.41, 5.74) is 2.09. The monoisotopic (exact) mass is 267 g/mol. The fraction of sp³-hybridized carbons (Fsp3) is 0.267. The van der Waals surface area contributed by atoms with E-state index in [1.807, 2.05) is 30.9 Å². The number of aromatic nitrogens is 2. The number of aryl methyl sites for hydroxylation is 1. The zero-order chi connectivity index (χ0) is 13.9. The summed E-state index contributed by atoms with van der Waals surface area (Å²) >= 11 is 0. The molecule has 5 heteroatoms. The molecule has 2 aromatic rings. The second kappa shape index (κ2) is 5.28. The Morgan fingerprint density at radius 1 is 1.30 bits per heavy atom. The van der Waals surface area contributed by atoms with Crippen LogP contribution in [0.1, 0.15) is 24.2 Å². The first-order valence-electron chi connectivity index (χ1n) is 6.73. The summed E-state index contributed by atoms with van der Waals surface area (Å²) < 4.78 is 2.10. The molecule has 1 N–H and O–H groups in total. The maximum absolute atomic E-state index is 7.47. The van der Waals surface area contributed by atoms with Gasteiger partial charge in [-0.1, -0.05) is 30.3 Å². The Hall–Kier alpha value is -2.43. The summed E-state index contributed by atoms with van der Waals surface area (Å²) in [6, 6.07) is 10.0. The number of imidazole rings is 1. The van der Waals surface area contributed by atoms with E-state index in [1.54, 1.807) is 0 Å². The average Bonchev–Trinajstić information content (AvgIpc) is 2.93. The van der Waals surface area contributed by atoms with E-state index in [2.05, 4.69) is 38.5 Å². The van der Waals surface area contributed by atoms with Crippen molar-refractivity contribution in [2.24, 2.45) is 4.99 Å². The molecule has 20 heavy (non-hydrogen) atoms. The van der Waals surface area contributed by atoms with Crippen molar-refractivity contribution in [3.8, 4) is 0 Å². The highest BCUT2D eigenvalue weighted by Gasteiger charge is 2.25. The second-order valence-electron chi connectivity index (χ2n) is 4.73. The molecule has 0 saturated heterocycles. The van der Waals surface area contributed by atoms with Crippen LogP contribution in [0.5, 0.6) is 0 Å². The summed E-state index contributed by atoms with van der Waals surface area (Å²) in [6.07, 6.45) is 4.98. The first-order valence-corrected chi connectivity index (χ1v) is 6.73. The van der Waals surface area contributed by atoms with Crippen molar-refractivity contribution in [2.75, 3.05) is 4.90 Å². The summed E-state index contributed by atoms with van der Waals surface area (Å²) in [5.74, 6) is 1.04. The van der Waals surface area contributed by atoms with Gasteiger partial charge in [0.15, 0.2) is 0 Å². The standard InChI is InChI=1S/C15H17N5/c1-2-19-11-18-14-13(8-16)17-10-20(15(14)19)9-12-6-4-3-5-7-12/h3-8,10-11,13,16H,2,9H2,1H3. The van der Waals surface area contributed by atoms with Crippen LogP contribution in [-0.4, -0.2) is 22.1 Å². The normalized spacial score (nSPS) is 17.1. The molecule has 0 amide bonds. The number of aliphatic imine (C=N–C) groups is 1. The van der Waals surface area contributed by atoms with E-state index in [1.165, 1.54) is 11.8 Å². The van der Waals surface area contributed by atoms with Crippen molar-refractivity contribution in [1.82, 2.24) is 9.55 Å². The van der Waals surface area contributed by atoms with Gasteiger partial charge in [-0.2, -0.15) is 0 Å². The maximum atomic E-state index is 7.47. The summed E-state index contributed by atoms with van der Waals surface area (Å²) in [6.45, 7) is 3.70. The van der Waals surface area contributed by atoms with E-state index >= 15 is 0 Å². The van der Waals surface area contributed by atoms with Crippen molar-refractivity contribution in [1.29, 1.82) is 5.41 Å². The lowest BCUT2D eigenvalue weighted by atomic mass is 10.1. The van der Waals surface area contributed by atoms with E-state index in [0.29, 0.717) is 0 Å². The lowest BCUT2D eigenvalue weighted by Gasteiger charge is -2.26. The fourth-order valence-corrected chi connectivity index (χ4v) is 2.44. The highest BCUT2D eigenvalue weighted by atomic mass is 15.3. The second-order valence-corrected chi connectivity index (χ2v) is 4.73. The number of benzene rings is 1. The number of fused-ring (bicyclic) bond motifs is 1. The van der Waals surface area contributed by atoms with Gasteiger partial charge in [0.2, 0.25) is 0 Å². The van der Waals surface area contributed by atoms with Gasteiger partial charge in [0.25, 0.3) is 0 Å². The molecule has 3 rings (SSSR count). The Labute approximate surface area is 118 Å². The highest BCUT2D eigenvalue weighted by Crippen LogP contribution is 2.30. The van der Waals surface area contributed by atoms with Gasteiger partial charge < -0.3 is 14.9 Å². The molecule has 0 saturated carbocycles. The van der Waals surface area contributed by atoms with E-state index in [4.69, 9.17) is 5.41 Å². The summed E-state index contributed by atoms with van der Waals surface area (Å²) in [4.78, 5) is 10.9. The van der Waals surface area contributed by atoms with Crippen LogP contribution in [0.15, 0.2) is 41.7 Å². The van der Waals surface area contributed by atoms with Crippen LogP contribution in [-0.2, 0) is 13.1 Å². The van der Waals surface area contributed by atoms with E-state index < -0.39 is 0 Å². The molecule has 1 unspecified atom stereocenters. The molecule has 0 bridgehead atoms. The third kappa shape index (κ3) is 2.11. The Morgan fingerprint density at radius 2 is 2.10 bits per heavy atom. The molecule has 0 spiro atoms. The topological polar surface area (TPSA) is 57.3 Å². The molecular weight excluding hydrogens is 250 g/mol. The van der Waals surface area contributed by atoms with Crippen LogP contribution in [0.25, 0.3) is 0 Å². The summed E-state index contributed by atoms with van der Waals surface area (Å²) in [7, 11) is 0. The minimum atomic E-state index is -0.259. The van der Waals surface area contributed by atoms with Gasteiger partial charge in [-0.05, 0) is 12.5 Å². The third-order valence-electron chi connectivity index (χ3n) is 3.45. The lowest BCUT2D eigenvalue weighted by molar-refractivity contribution is 0.740. The quantitative estimate of drug-likeness (QED) is 0.866. The number of nitrogens with zero attached hydrogens (tertiary/aromatic N) is 4. The molecule has 1 aromatic heterocycles. The molecule has 2 heterocycles. The Morgan fingerprint density at radius 3 is 2.80 bits per heavy atom. The number of rotatable bonds is 4. The van der Waals surface area contributed by atoms with Crippen molar-refractivity contribution in [3.05, 3.63) is 47.9 Å². The van der Waals surface area contributed by atoms with Crippen LogP contribution in [0.4, 0.5) is 5.82 Å².